The summed E-state index contributed by atoms with van der Waals surface area (Å²) in [5.74, 6) is -0.214. The summed E-state index contributed by atoms with van der Waals surface area (Å²) in [6.07, 6.45) is 1.82. The third kappa shape index (κ3) is 5.45. The highest BCUT2D eigenvalue weighted by Gasteiger charge is 2.26. The fraction of sp³-hybridized carbons (Fsp3) is 0.238. The molecule has 0 bridgehead atoms. The molecule has 3 aromatic rings. The third-order valence-electron chi connectivity index (χ3n) is 4.50. The van der Waals surface area contributed by atoms with E-state index in [9.17, 15) is 9.59 Å². The first-order chi connectivity index (χ1) is 15.2. The first-order valence-corrected chi connectivity index (χ1v) is 11.1. The van der Waals surface area contributed by atoms with Gasteiger partial charge in [-0.05, 0) is 42.4 Å². The minimum Gasteiger partial charge on any atom is -0.465 e. The molecule has 0 unspecified atom stereocenters. The number of aromatic nitrogens is 2. The summed E-state index contributed by atoms with van der Waals surface area (Å²) in [6, 6.07) is 9.31. The van der Waals surface area contributed by atoms with Crippen molar-refractivity contribution in [2.45, 2.75) is 13.5 Å². The molecular weight excluding hydrogens is 470 g/mol. The number of hydrogen-bond acceptors (Lipinski definition) is 6. The predicted octanol–water partition coefficient (Wildman–Crippen LogP) is 4.25. The van der Waals surface area contributed by atoms with Crippen LogP contribution in [0, 0.1) is 6.92 Å². The van der Waals surface area contributed by atoms with Crippen molar-refractivity contribution in [3.63, 3.8) is 0 Å². The fourth-order valence-corrected chi connectivity index (χ4v) is 4.52. The second-order valence-corrected chi connectivity index (χ2v) is 8.92. The van der Waals surface area contributed by atoms with E-state index in [0.29, 0.717) is 32.8 Å². The number of thiophene rings is 1. The van der Waals surface area contributed by atoms with Crippen molar-refractivity contribution in [1.29, 1.82) is 0 Å². The first kappa shape index (κ1) is 23.7. The number of thiocarbonyl (C=S) groups is 1. The van der Waals surface area contributed by atoms with Crippen molar-refractivity contribution < 1.29 is 14.3 Å². The van der Waals surface area contributed by atoms with E-state index in [1.807, 2.05) is 30.5 Å². The molecule has 0 aliphatic heterocycles. The van der Waals surface area contributed by atoms with E-state index >= 15 is 0 Å². The molecule has 0 aliphatic carbocycles. The maximum atomic E-state index is 12.5. The minimum atomic E-state index is -0.547. The van der Waals surface area contributed by atoms with E-state index in [0.717, 1.165) is 16.9 Å². The SMILES string of the molecule is COC(=O)c1c(NC(=S)Nc2ccn(Cc3ccc(Cl)cc3)n2)sc(C(=O)N(C)C)c1C. The van der Waals surface area contributed by atoms with Crippen LogP contribution < -0.4 is 10.6 Å². The Morgan fingerprint density at radius 2 is 1.91 bits per heavy atom. The number of benzene rings is 1. The molecule has 168 valence electrons. The van der Waals surface area contributed by atoms with Crippen LogP contribution in [-0.2, 0) is 11.3 Å². The summed E-state index contributed by atoms with van der Waals surface area (Å²) in [4.78, 5) is 26.7. The number of carbonyl (C=O) groups excluding carboxylic acids is 2. The Hall–Kier alpha value is -2.95. The second-order valence-electron chi connectivity index (χ2n) is 7.06. The van der Waals surface area contributed by atoms with E-state index in [1.165, 1.54) is 12.0 Å². The van der Waals surface area contributed by atoms with Crippen LogP contribution in [0.15, 0.2) is 36.5 Å². The Morgan fingerprint density at radius 3 is 2.53 bits per heavy atom. The van der Waals surface area contributed by atoms with Gasteiger partial charge in [0, 0.05) is 31.4 Å². The van der Waals surface area contributed by atoms with Crippen molar-refractivity contribution in [1.82, 2.24) is 14.7 Å². The average Bonchev–Trinajstić information content (AvgIpc) is 3.32. The Labute approximate surface area is 200 Å². The number of amides is 1. The maximum absolute atomic E-state index is 12.5. The molecule has 3 rings (SSSR count). The molecule has 8 nitrogen and oxygen atoms in total. The molecule has 0 spiro atoms. The van der Waals surface area contributed by atoms with Crippen LogP contribution in [0.4, 0.5) is 10.8 Å². The molecule has 0 radical (unpaired) electrons. The summed E-state index contributed by atoms with van der Waals surface area (Å²) < 4.78 is 6.65. The van der Waals surface area contributed by atoms with Gasteiger partial charge in [0.1, 0.15) is 5.00 Å². The van der Waals surface area contributed by atoms with Gasteiger partial charge in [-0.25, -0.2) is 4.79 Å². The molecule has 0 atom stereocenters. The van der Waals surface area contributed by atoms with Crippen molar-refractivity contribution >= 4 is 63.0 Å². The Kier molecular flexibility index (Phi) is 7.49. The molecular formula is C21H22ClN5O3S2. The van der Waals surface area contributed by atoms with Gasteiger partial charge in [0.2, 0.25) is 0 Å². The Bertz CT molecular complexity index is 1150. The van der Waals surface area contributed by atoms with Gasteiger partial charge in [-0.3, -0.25) is 9.48 Å². The van der Waals surface area contributed by atoms with Gasteiger partial charge in [0.25, 0.3) is 5.91 Å². The van der Waals surface area contributed by atoms with Crippen molar-refractivity contribution in [3.8, 4) is 0 Å². The third-order valence-corrected chi connectivity index (χ3v) is 6.16. The van der Waals surface area contributed by atoms with E-state index in [-0.39, 0.29) is 16.6 Å². The zero-order valence-corrected chi connectivity index (χ0v) is 20.3. The average molecular weight is 492 g/mol. The molecule has 2 heterocycles. The van der Waals surface area contributed by atoms with Crippen molar-refractivity contribution in [3.05, 3.63) is 63.1 Å². The minimum absolute atomic E-state index is 0.203. The molecule has 2 N–H and O–H groups in total. The van der Waals surface area contributed by atoms with Crippen LogP contribution in [0.25, 0.3) is 0 Å². The lowest BCUT2D eigenvalue weighted by Gasteiger charge is -2.09. The number of nitrogens with zero attached hydrogens (tertiary/aromatic N) is 3. The summed E-state index contributed by atoms with van der Waals surface area (Å²) >= 11 is 12.5. The molecule has 0 saturated carbocycles. The summed E-state index contributed by atoms with van der Waals surface area (Å²) in [6.45, 7) is 2.28. The highest BCUT2D eigenvalue weighted by atomic mass is 35.5. The number of anilines is 2. The highest BCUT2D eigenvalue weighted by molar-refractivity contribution is 7.80. The number of rotatable bonds is 6. The number of hydrogen-bond donors (Lipinski definition) is 2. The molecule has 32 heavy (non-hydrogen) atoms. The van der Waals surface area contributed by atoms with Crippen molar-refractivity contribution in [2.24, 2.45) is 0 Å². The van der Waals surface area contributed by atoms with E-state index in [2.05, 4.69) is 15.7 Å². The van der Waals surface area contributed by atoms with Crippen LogP contribution in [0.1, 0.15) is 31.2 Å². The Balaban J connectivity index is 1.74. The van der Waals surface area contributed by atoms with Gasteiger partial charge in [-0.1, -0.05) is 23.7 Å². The van der Waals surface area contributed by atoms with Crippen LogP contribution in [0.5, 0.6) is 0 Å². The molecule has 0 fully saturated rings. The lowest BCUT2D eigenvalue weighted by molar-refractivity contribution is 0.0601. The molecule has 1 aromatic carbocycles. The number of nitrogens with one attached hydrogen (secondary N) is 2. The number of halogens is 1. The lowest BCUT2D eigenvalue weighted by Crippen LogP contribution is -2.21. The Morgan fingerprint density at radius 1 is 1.22 bits per heavy atom. The van der Waals surface area contributed by atoms with Crippen molar-refractivity contribution in [2.75, 3.05) is 31.8 Å². The molecule has 1 amide bonds. The monoisotopic (exact) mass is 491 g/mol. The van der Waals surface area contributed by atoms with Gasteiger partial charge >= 0.3 is 5.97 Å². The van der Waals surface area contributed by atoms with Gasteiger partial charge in [-0.2, -0.15) is 5.10 Å². The largest absolute Gasteiger partial charge is 0.465 e. The summed E-state index contributed by atoms with van der Waals surface area (Å²) in [5, 5.41) is 11.8. The zero-order valence-electron chi connectivity index (χ0n) is 17.9. The number of carbonyl (C=O) groups is 2. The molecule has 0 aliphatic rings. The van der Waals surface area contributed by atoms with Gasteiger partial charge < -0.3 is 20.3 Å². The van der Waals surface area contributed by atoms with E-state index in [1.54, 1.807) is 31.8 Å². The first-order valence-electron chi connectivity index (χ1n) is 9.48. The van der Waals surface area contributed by atoms with Gasteiger partial charge in [0.15, 0.2) is 10.9 Å². The molecule has 2 aromatic heterocycles. The summed E-state index contributed by atoms with van der Waals surface area (Å²) in [7, 11) is 4.60. The van der Waals surface area contributed by atoms with Crippen LogP contribution in [-0.4, -0.2) is 52.9 Å². The van der Waals surface area contributed by atoms with E-state index < -0.39 is 5.97 Å². The van der Waals surface area contributed by atoms with Crippen LogP contribution in [0.3, 0.4) is 0 Å². The number of methoxy groups -OCH3 is 1. The predicted molar refractivity (Wildman–Crippen MR) is 131 cm³/mol. The van der Waals surface area contributed by atoms with E-state index in [4.69, 9.17) is 28.6 Å². The standard InChI is InChI=1S/C21H22ClN5O3S2/c1-12-16(20(29)30-4)18(32-17(12)19(28)26(2)3)24-21(31)23-15-9-10-27(25-15)11-13-5-7-14(22)8-6-13/h5-10H,11H2,1-4H3,(H2,23,24,25,31). The number of esters is 1. The quantitative estimate of drug-likeness (QED) is 0.393. The lowest BCUT2D eigenvalue weighted by atomic mass is 10.1. The fourth-order valence-electron chi connectivity index (χ4n) is 2.90. The zero-order chi connectivity index (χ0) is 23.4. The smallest absolute Gasteiger partial charge is 0.341 e. The highest BCUT2D eigenvalue weighted by Crippen LogP contribution is 2.34. The summed E-state index contributed by atoms with van der Waals surface area (Å²) in [5.41, 5.74) is 1.87. The maximum Gasteiger partial charge on any atom is 0.341 e. The van der Waals surface area contributed by atoms with Crippen LogP contribution in [0.2, 0.25) is 5.02 Å². The topological polar surface area (TPSA) is 88.5 Å². The number of ether oxygens (including phenoxy) is 1. The second kappa shape index (κ2) is 10.1. The molecule has 0 saturated heterocycles. The van der Waals surface area contributed by atoms with Crippen LogP contribution >= 0.6 is 35.2 Å². The molecule has 11 heteroatoms. The van der Waals surface area contributed by atoms with Gasteiger partial charge in [0.05, 0.1) is 24.1 Å². The van der Waals surface area contributed by atoms with Gasteiger partial charge in [-0.15, -0.1) is 11.3 Å². The normalized spacial score (nSPS) is 10.5.